The van der Waals surface area contributed by atoms with Gasteiger partial charge in [-0.3, -0.25) is 4.98 Å². The summed E-state index contributed by atoms with van der Waals surface area (Å²) in [5, 5.41) is 0. The van der Waals surface area contributed by atoms with E-state index in [4.69, 9.17) is 4.98 Å². The van der Waals surface area contributed by atoms with Gasteiger partial charge in [-0.15, -0.1) is 0 Å². The predicted octanol–water partition coefficient (Wildman–Crippen LogP) is 6.85. The second-order valence-electron chi connectivity index (χ2n) is 10.1. The lowest BCUT2D eigenvalue weighted by Gasteiger charge is -2.31. The van der Waals surface area contributed by atoms with Crippen molar-refractivity contribution in [3.8, 4) is 11.8 Å². The van der Waals surface area contributed by atoms with Crippen LogP contribution in [0, 0.1) is 29.6 Å². The average molecular weight is 429 g/mol. The van der Waals surface area contributed by atoms with Gasteiger partial charge < -0.3 is 4.90 Å². The Hall–Kier alpha value is -2.11. The quantitative estimate of drug-likeness (QED) is 0.379. The molecule has 0 N–H and O–H groups in total. The molecule has 2 nitrogen and oxygen atoms in total. The van der Waals surface area contributed by atoms with Crippen LogP contribution in [0.2, 0.25) is 0 Å². The van der Waals surface area contributed by atoms with E-state index in [1.54, 1.807) is 0 Å². The van der Waals surface area contributed by atoms with Gasteiger partial charge >= 0.3 is 0 Å². The average Bonchev–Trinajstić information content (AvgIpc) is 3.66. The Bertz CT molecular complexity index is 896. The van der Waals surface area contributed by atoms with E-state index in [0.717, 1.165) is 43.9 Å². The zero-order valence-electron chi connectivity index (χ0n) is 20.2. The van der Waals surface area contributed by atoms with E-state index in [-0.39, 0.29) is 0 Å². The van der Waals surface area contributed by atoms with Crippen molar-refractivity contribution in [3.05, 3.63) is 59.5 Å². The van der Waals surface area contributed by atoms with Crippen LogP contribution in [-0.2, 0) is 6.42 Å². The smallest absolute Gasteiger partial charge is 0.0406 e. The SMILES string of the molecule is C=C(c1ccc(CC2CCN(CC3CC3)CC2)nc1)C(CC)CC1=C(CC)C#CC=CC1. The van der Waals surface area contributed by atoms with Crippen molar-refractivity contribution >= 4 is 5.57 Å². The minimum absolute atomic E-state index is 0.447. The number of likely N-dealkylation sites (tertiary alicyclic amines) is 1. The van der Waals surface area contributed by atoms with E-state index in [1.165, 1.54) is 73.3 Å². The van der Waals surface area contributed by atoms with Crippen LogP contribution in [0.25, 0.3) is 5.57 Å². The van der Waals surface area contributed by atoms with Gasteiger partial charge in [-0.25, -0.2) is 0 Å². The first-order valence-corrected chi connectivity index (χ1v) is 12.9. The predicted molar refractivity (Wildman–Crippen MR) is 136 cm³/mol. The van der Waals surface area contributed by atoms with Gasteiger partial charge in [-0.2, -0.15) is 0 Å². The largest absolute Gasteiger partial charge is 0.303 e. The molecule has 0 aromatic carbocycles. The molecule has 4 rings (SSSR count). The number of nitrogens with zero attached hydrogens (tertiary/aromatic N) is 2. The van der Waals surface area contributed by atoms with Crippen LogP contribution in [0.1, 0.15) is 76.5 Å². The highest BCUT2D eigenvalue weighted by Gasteiger charge is 2.27. The molecule has 0 spiro atoms. The lowest BCUT2D eigenvalue weighted by atomic mass is 9.84. The molecule has 170 valence electrons. The Balaban J connectivity index is 1.32. The number of allylic oxidation sites excluding steroid dienone is 5. The Morgan fingerprint density at radius 2 is 1.97 bits per heavy atom. The van der Waals surface area contributed by atoms with Crippen molar-refractivity contribution in [1.82, 2.24) is 9.88 Å². The van der Waals surface area contributed by atoms with Crippen molar-refractivity contribution in [2.45, 2.75) is 71.6 Å². The summed E-state index contributed by atoms with van der Waals surface area (Å²) < 4.78 is 0. The molecule has 1 saturated heterocycles. The molecular formula is C30H40N2. The monoisotopic (exact) mass is 428 g/mol. The molecule has 2 aliphatic carbocycles. The molecule has 1 aromatic heterocycles. The molecule has 0 bridgehead atoms. The first kappa shape index (κ1) is 23.1. The number of piperidine rings is 1. The minimum atomic E-state index is 0.447. The lowest BCUT2D eigenvalue weighted by molar-refractivity contribution is 0.177. The van der Waals surface area contributed by atoms with Crippen LogP contribution in [-0.4, -0.2) is 29.5 Å². The maximum absolute atomic E-state index is 4.86. The third-order valence-corrected chi connectivity index (χ3v) is 7.66. The molecule has 2 heteroatoms. The van der Waals surface area contributed by atoms with E-state index in [9.17, 15) is 0 Å². The zero-order valence-corrected chi connectivity index (χ0v) is 20.2. The molecule has 1 saturated carbocycles. The molecule has 1 atom stereocenters. The first-order chi connectivity index (χ1) is 15.7. The normalized spacial score (nSPS) is 20.6. The van der Waals surface area contributed by atoms with E-state index in [1.807, 2.05) is 6.08 Å². The van der Waals surface area contributed by atoms with E-state index in [0.29, 0.717) is 5.92 Å². The van der Waals surface area contributed by atoms with Crippen molar-refractivity contribution in [3.63, 3.8) is 0 Å². The summed E-state index contributed by atoms with van der Waals surface area (Å²) in [7, 11) is 0. The van der Waals surface area contributed by atoms with E-state index in [2.05, 4.69) is 61.6 Å². The van der Waals surface area contributed by atoms with Gasteiger partial charge in [-0.05, 0) is 112 Å². The summed E-state index contributed by atoms with van der Waals surface area (Å²) in [5.41, 5.74) is 6.48. The molecule has 1 aliphatic heterocycles. The van der Waals surface area contributed by atoms with E-state index < -0.39 is 0 Å². The number of aromatic nitrogens is 1. The fourth-order valence-electron chi connectivity index (χ4n) is 5.26. The first-order valence-electron chi connectivity index (χ1n) is 12.9. The van der Waals surface area contributed by atoms with Gasteiger partial charge in [0.15, 0.2) is 0 Å². The highest BCUT2D eigenvalue weighted by molar-refractivity contribution is 5.65. The summed E-state index contributed by atoms with van der Waals surface area (Å²) in [6.07, 6.45) is 17.1. The highest BCUT2D eigenvalue weighted by Crippen LogP contribution is 2.34. The standard InChI is InChI=1S/C30H40N2/c1-4-26-9-7-6-8-10-28(26)20-27(5-2)23(3)29-13-14-30(31-21-29)19-24-15-17-32(18-16-24)22-25-11-12-25/h6,8,13-14,21,24-25,27H,3-5,10-12,15-20,22H2,1-2H3. The van der Waals surface area contributed by atoms with Crippen molar-refractivity contribution in [2.75, 3.05) is 19.6 Å². The van der Waals surface area contributed by atoms with Crippen molar-refractivity contribution in [2.24, 2.45) is 17.8 Å². The third kappa shape index (κ3) is 6.23. The summed E-state index contributed by atoms with van der Waals surface area (Å²) in [6.45, 7) is 12.9. The van der Waals surface area contributed by atoms with Gasteiger partial charge in [0.1, 0.15) is 0 Å². The molecule has 32 heavy (non-hydrogen) atoms. The van der Waals surface area contributed by atoms with Crippen LogP contribution in [0.4, 0.5) is 0 Å². The fraction of sp³-hybridized carbons (Fsp3) is 0.567. The summed E-state index contributed by atoms with van der Waals surface area (Å²) in [4.78, 5) is 7.55. The minimum Gasteiger partial charge on any atom is -0.303 e. The second kappa shape index (κ2) is 11.2. The molecule has 1 aromatic rings. The number of pyridine rings is 1. The maximum atomic E-state index is 4.86. The van der Waals surface area contributed by atoms with Gasteiger partial charge in [0.2, 0.25) is 0 Å². The maximum Gasteiger partial charge on any atom is 0.0406 e. The van der Waals surface area contributed by atoms with Crippen LogP contribution < -0.4 is 0 Å². The summed E-state index contributed by atoms with van der Waals surface area (Å²) in [6, 6.07) is 4.51. The van der Waals surface area contributed by atoms with E-state index >= 15 is 0 Å². The van der Waals surface area contributed by atoms with Gasteiger partial charge in [-0.1, -0.05) is 50.0 Å². The Kier molecular flexibility index (Phi) is 8.04. The molecule has 2 heterocycles. The molecular weight excluding hydrogens is 388 g/mol. The molecule has 0 radical (unpaired) electrons. The van der Waals surface area contributed by atoms with Crippen molar-refractivity contribution in [1.29, 1.82) is 0 Å². The second-order valence-corrected chi connectivity index (χ2v) is 10.1. The van der Waals surface area contributed by atoms with Crippen LogP contribution in [0.15, 0.2) is 48.2 Å². The van der Waals surface area contributed by atoms with Crippen LogP contribution in [0.5, 0.6) is 0 Å². The van der Waals surface area contributed by atoms with Crippen LogP contribution in [0.3, 0.4) is 0 Å². The van der Waals surface area contributed by atoms with Crippen molar-refractivity contribution < 1.29 is 0 Å². The third-order valence-electron chi connectivity index (χ3n) is 7.66. The Morgan fingerprint density at radius 3 is 2.62 bits per heavy atom. The van der Waals surface area contributed by atoms with Gasteiger partial charge in [0.05, 0.1) is 0 Å². The topological polar surface area (TPSA) is 16.1 Å². The zero-order chi connectivity index (χ0) is 22.3. The van der Waals surface area contributed by atoms with Gasteiger partial charge in [0.25, 0.3) is 0 Å². The number of rotatable bonds is 10. The molecule has 0 amide bonds. The molecule has 2 fully saturated rings. The molecule has 3 aliphatic rings. The fourth-order valence-corrected chi connectivity index (χ4v) is 5.26. The lowest BCUT2D eigenvalue weighted by Crippen LogP contribution is -2.35. The Morgan fingerprint density at radius 1 is 1.16 bits per heavy atom. The number of hydrogen-bond acceptors (Lipinski definition) is 2. The summed E-state index contributed by atoms with van der Waals surface area (Å²) >= 11 is 0. The number of hydrogen-bond donors (Lipinski definition) is 0. The summed E-state index contributed by atoms with van der Waals surface area (Å²) in [5.74, 6) is 8.76. The van der Waals surface area contributed by atoms with Crippen LogP contribution >= 0.6 is 0 Å². The Labute approximate surface area is 195 Å². The molecule has 1 unspecified atom stereocenters. The highest BCUT2D eigenvalue weighted by atomic mass is 15.1. The van der Waals surface area contributed by atoms with Gasteiger partial charge in [0, 0.05) is 24.0 Å².